The standard InChI is InChI=1S/C21H18N2O5S3/c1-3-28-21(26)16-14(12-7-5-9-30-12)15(20(25)27-2)17(22)23-18(24)13(31-19(16)23)10-11-6-4-8-29-11/h4-10,14H,3,22H2,1-2H3/b13-10+. The van der Waals surface area contributed by atoms with E-state index in [9.17, 15) is 14.4 Å². The van der Waals surface area contributed by atoms with Gasteiger partial charge in [0.05, 0.1) is 35.3 Å². The number of thiazole rings is 1. The lowest BCUT2D eigenvalue weighted by atomic mass is 9.88. The van der Waals surface area contributed by atoms with Gasteiger partial charge in [0.1, 0.15) is 10.5 Å². The van der Waals surface area contributed by atoms with Crippen LogP contribution in [0.5, 0.6) is 0 Å². The summed E-state index contributed by atoms with van der Waals surface area (Å²) >= 11 is 4.01. The molecule has 2 N–H and O–H groups in total. The number of esters is 2. The number of ether oxygens (including phenoxy) is 2. The molecule has 1 aliphatic rings. The summed E-state index contributed by atoms with van der Waals surface area (Å²) in [6.45, 7) is 1.85. The van der Waals surface area contributed by atoms with E-state index in [0.29, 0.717) is 9.20 Å². The van der Waals surface area contributed by atoms with Crippen molar-refractivity contribution in [3.63, 3.8) is 0 Å². The van der Waals surface area contributed by atoms with Crippen molar-refractivity contribution in [3.8, 4) is 0 Å². The third kappa shape index (κ3) is 3.67. The van der Waals surface area contributed by atoms with E-state index in [1.807, 2.05) is 35.0 Å². The van der Waals surface area contributed by atoms with Crippen LogP contribution in [0, 0.1) is 0 Å². The number of aromatic nitrogens is 1. The van der Waals surface area contributed by atoms with Crippen LogP contribution >= 0.6 is 34.0 Å². The molecule has 0 amide bonds. The summed E-state index contributed by atoms with van der Waals surface area (Å²) < 4.78 is 12.3. The molecule has 0 fully saturated rings. The minimum Gasteiger partial charge on any atom is -0.466 e. The number of thiophene rings is 2. The van der Waals surface area contributed by atoms with Gasteiger partial charge in [-0.15, -0.1) is 34.0 Å². The van der Waals surface area contributed by atoms with Crippen molar-refractivity contribution in [1.82, 2.24) is 4.57 Å². The van der Waals surface area contributed by atoms with Gasteiger partial charge in [0, 0.05) is 9.75 Å². The maximum atomic E-state index is 13.2. The molecule has 160 valence electrons. The highest BCUT2D eigenvalue weighted by Gasteiger charge is 2.40. The van der Waals surface area contributed by atoms with Crippen LogP contribution in [0.3, 0.4) is 0 Å². The summed E-state index contributed by atoms with van der Waals surface area (Å²) in [5.41, 5.74) is 6.21. The van der Waals surface area contributed by atoms with E-state index in [0.717, 1.165) is 21.1 Å². The Balaban J connectivity index is 2.13. The molecule has 3 aromatic rings. The van der Waals surface area contributed by atoms with E-state index >= 15 is 0 Å². The molecule has 0 spiro atoms. The van der Waals surface area contributed by atoms with Crippen molar-refractivity contribution < 1.29 is 19.1 Å². The Morgan fingerprint density at radius 3 is 2.52 bits per heavy atom. The summed E-state index contributed by atoms with van der Waals surface area (Å²) in [5, 5.41) is 3.75. The van der Waals surface area contributed by atoms with E-state index in [1.165, 1.54) is 34.4 Å². The number of hydrogen-bond acceptors (Lipinski definition) is 9. The van der Waals surface area contributed by atoms with E-state index in [-0.39, 0.29) is 23.6 Å². The Bertz CT molecular complexity index is 1340. The van der Waals surface area contributed by atoms with E-state index < -0.39 is 23.4 Å². The molecule has 1 unspecified atom stereocenters. The largest absolute Gasteiger partial charge is 0.466 e. The monoisotopic (exact) mass is 474 g/mol. The van der Waals surface area contributed by atoms with Gasteiger partial charge in [0.25, 0.3) is 5.56 Å². The third-order valence-corrected chi connectivity index (χ3v) is 7.56. The molecule has 0 saturated heterocycles. The highest BCUT2D eigenvalue weighted by molar-refractivity contribution is 7.11. The van der Waals surface area contributed by atoms with Gasteiger partial charge in [0.15, 0.2) is 0 Å². The minimum absolute atomic E-state index is 0.0413. The van der Waals surface area contributed by atoms with Crippen LogP contribution in [0.2, 0.25) is 0 Å². The van der Waals surface area contributed by atoms with Crippen molar-refractivity contribution in [1.29, 1.82) is 0 Å². The number of carbonyl (C=O) groups is 2. The zero-order valence-corrected chi connectivity index (χ0v) is 19.1. The van der Waals surface area contributed by atoms with Gasteiger partial charge in [-0.2, -0.15) is 0 Å². The minimum atomic E-state index is -0.792. The number of fused-ring (bicyclic) bond motifs is 1. The average molecular weight is 475 g/mol. The first kappa shape index (κ1) is 21.3. The van der Waals surface area contributed by atoms with Gasteiger partial charge in [-0.1, -0.05) is 12.1 Å². The highest BCUT2D eigenvalue weighted by Crippen LogP contribution is 2.39. The first-order valence-corrected chi connectivity index (χ1v) is 11.9. The Hall–Kier alpha value is -2.95. The molecular weight excluding hydrogens is 456 g/mol. The number of rotatable bonds is 5. The number of carbonyl (C=O) groups excluding carboxylic acids is 2. The van der Waals surface area contributed by atoms with Gasteiger partial charge < -0.3 is 15.2 Å². The normalized spacial score (nSPS) is 16.4. The summed E-state index contributed by atoms with van der Waals surface area (Å²) in [5.74, 6) is -2.14. The number of nitrogens with zero attached hydrogens (tertiary/aromatic N) is 1. The summed E-state index contributed by atoms with van der Waals surface area (Å²) in [7, 11) is 1.24. The smallest absolute Gasteiger partial charge is 0.338 e. The van der Waals surface area contributed by atoms with Crippen molar-refractivity contribution in [2.75, 3.05) is 13.7 Å². The zero-order chi connectivity index (χ0) is 22.1. The molecule has 0 aromatic carbocycles. The quantitative estimate of drug-likeness (QED) is 0.565. The zero-order valence-electron chi connectivity index (χ0n) is 16.6. The van der Waals surface area contributed by atoms with Gasteiger partial charge in [-0.25, -0.2) is 9.59 Å². The lowest BCUT2D eigenvalue weighted by Gasteiger charge is -2.25. The molecule has 0 bridgehead atoms. The molecule has 1 atom stereocenters. The van der Waals surface area contributed by atoms with Gasteiger partial charge in [0.2, 0.25) is 0 Å². The Labute approximate surface area is 189 Å². The van der Waals surface area contributed by atoms with Crippen LogP contribution in [0.4, 0.5) is 0 Å². The molecule has 0 radical (unpaired) electrons. The van der Waals surface area contributed by atoms with E-state index in [2.05, 4.69) is 0 Å². The Morgan fingerprint density at radius 1 is 1.16 bits per heavy atom. The lowest BCUT2D eigenvalue weighted by molar-refractivity contribution is -0.136. The van der Waals surface area contributed by atoms with Crippen molar-refractivity contribution in [3.05, 3.63) is 69.9 Å². The fourth-order valence-corrected chi connectivity index (χ4v) is 6.14. The molecule has 31 heavy (non-hydrogen) atoms. The molecule has 4 rings (SSSR count). The number of hydrogen-bond donors (Lipinski definition) is 1. The van der Waals surface area contributed by atoms with Crippen molar-refractivity contribution in [2.45, 2.75) is 12.8 Å². The second-order valence-electron chi connectivity index (χ2n) is 6.44. The van der Waals surface area contributed by atoms with Crippen LogP contribution in [0.1, 0.15) is 22.6 Å². The lowest BCUT2D eigenvalue weighted by Crippen LogP contribution is -2.41. The van der Waals surface area contributed by atoms with Crippen LogP contribution in [-0.2, 0) is 19.1 Å². The molecule has 10 heteroatoms. The maximum absolute atomic E-state index is 13.2. The average Bonchev–Trinajstić information content (AvgIpc) is 3.50. The molecule has 0 saturated carbocycles. The number of methoxy groups -OCH3 is 1. The Kier molecular flexibility index (Phi) is 5.94. The van der Waals surface area contributed by atoms with Crippen LogP contribution < -0.4 is 20.5 Å². The second-order valence-corrected chi connectivity index (χ2v) is 9.43. The summed E-state index contributed by atoms with van der Waals surface area (Å²) in [6.07, 6.45) is 1.75. The predicted molar refractivity (Wildman–Crippen MR) is 122 cm³/mol. The predicted octanol–water partition coefficient (Wildman–Crippen LogP) is 1.67. The fourth-order valence-electron chi connectivity index (χ4n) is 3.41. The SMILES string of the molecule is CCOC(=O)C1=c2s/c(=C/c3cccs3)c(=O)n2C(N)=C(C(=O)OC)C1c1cccs1. The second kappa shape index (κ2) is 8.66. The van der Waals surface area contributed by atoms with E-state index in [1.54, 1.807) is 13.0 Å². The van der Waals surface area contributed by atoms with Gasteiger partial charge in [-0.05, 0) is 35.9 Å². The van der Waals surface area contributed by atoms with Crippen molar-refractivity contribution in [2.24, 2.45) is 5.73 Å². The molecular formula is C21H18N2O5S3. The molecule has 3 aromatic heterocycles. The Morgan fingerprint density at radius 2 is 1.90 bits per heavy atom. The maximum Gasteiger partial charge on any atom is 0.338 e. The van der Waals surface area contributed by atoms with Gasteiger partial charge >= 0.3 is 11.9 Å². The summed E-state index contributed by atoms with van der Waals surface area (Å²) in [6, 6.07) is 7.40. The van der Waals surface area contributed by atoms with Crippen molar-refractivity contribution >= 4 is 63.4 Å². The first-order chi connectivity index (χ1) is 15.0. The molecule has 7 nitrogen and oxygen atoms in total. The topological polar surface area (TPSA) is 101 Å². The first-order valence-electron chi connectivity index (χ1n) is 9.28. The highest BCUT2D eigenvalue weighted by atomic mass is 32.1. The molecule has 1 aliphatic heterocycles. The summed E-state index contributed by atoms with van der Waals surface area (Å²) in [4.78, 5) is 40.7. The molecule has 0 aliphatic carbocycles. The van der Waals surface area contributed by atoms with E-state index in [4.69, 9.17) is 15.2 Å². The van der Waals surface area contributed by atoms with Crippen LogP contribution in [0.25, 0.3) is 17.5 Å². The van der Waals surface area contributed by atoms with Crippen LogP contribution in [0.15, 0.2) is 45.4 Å². The van der Waals surface area contributed by atoms with Gasteiger partial charge in [-0.3, -0.25) is 9.36 Å². The van der Waals surface area contributed by atoms with Crippen LogP contribution in [-0.4, -0.2) is 30.2 Å². The fraction of sp³-hybridized carbons (Fsp3) is 0.190. The third-order valence-electron chi connectivity index (χ3n) is 4.69. The molecule has 4 heterocycles. The number of nitrogens with two attached hydrogens (primary N) is 1.